The van der Waals surface area contributed by atoms with Crippen LogP contribution in [0.3, 0.4) is 0 Å². The van der Waals surface area contributed by atoms with Crippen molar-refractivity contribution in [2.75, 3.05) is 0 Å². The fourth-order valence-electron chi connectivity index (χ4n) is 4.73. The van der Waals surface area contributed by atoms with Crippen LogP contribution in [0.25, 0.3) is 21.3 Å². The zero-order valence-corrected chi connectivity index (χ0v) is 15.5. The summed E-state index contributed by atoms with van der Waals surface area (Å²) in [6, 6.07) is 6.08. The van der Waals surface area contributed by atoms with Crippen LogP contribution >= 0.6 is 11.3 Å². The lowest BCUT2D eigenvalue weighted by atomic mass is 9.77. The number of hydrogen-bond acceptors (Lipinski definition) is 3. The van der Waals surface area contributed by atoms with Crippen LogP contribution in [0.5, 0.6) is 0 Å². The van der Waals surface area contributed by atoms with E-state index in [4.69, 9.17) is 0 Å². The first-order valence-electron chi connectivity index (χ1n) is 9.12. The standard InChI is InChI=1S/C21H21N3OS/c1-13-6-14-2-4-21(9-13,10-14)24-20(25)17-7-15(19-11-22-12-26-19)8-18-16(17)3-5-23-18/h2-3,5,7-8,11-13,23H,4,6,9-10H2,1H3,(H,24,25). The number of amides is 1. The summed E-state index contributed by atoms with van der Waals surface area (Å²) in [5.41, 5.74) is 6.01. The highest BCUT2D eigenvalue weighted by atomic mass is 32.1. The van der Waals surface area contributed by atoms with Gasteiger partial charge in [-0.15, -0.1) is 11.3 Å². The van der Waals surface area contributed by atoms with Gasteiger partial charge in [-0.2, -0.15) is 0 Å². The molecule has 5 heteroatoms. The number of H-pyrrole nitrogens is 1. The summed E-state index contributed by atoms with van der Waals surface area (Å²) in [4.78, 5) is 21.8. The van der Waals surface area contributed by atoms with Gasteiger partial charge in [0.05, 0.1) is 10.4 Å². The minimum Gasteiger partial charge on any atom is -0.361 e. The largest absolute Gasteiger partial charge is 0.361 e. The topological polar surface area (TPSA) is 57.8 Å². The van der Waals surface area contributed by atoms with E-state index < -0.39 is 0 Å². The number of carbonyl (C=O) groups excluding carboxylic acids is 1. The van der Waals surface area contributed by atoms with E-state index in [1.807, 2.05) is 30.0 Å². The summed E-state index contributed by atoms with van der Waals surface area (Å²) in [5.74, 6) is 0.665. The second kappa shape index (κ2) is 5.81. The lowest BCUT2D eigenvalue weighted by Gasteiger charge is -2.37. The Morgan fingerprint density at radius 3 is 3.19 bits per heavy atom. The molecule has 2 aliphatic carbocycles. The van der Waals surface area contributed by atoms with Gasteiger partial charge in [-0.05, 0) is 55.4 Å². The molecule has 1 amide bonds. The van der Waals surface area contributed by atoms with Crippen LogP contribution in [0.4, 0.5) is 0 Å². The number of aromatic amines is 1. The SMILES string of the molecule is CC1CC2=CCC(NC(=O)c3cc(-c4cncs4)cc4[nH]ccc34)(C2)C1. The van der Waals surface area contributed by atoms with Gasteiger partial charge >= 0.3 is 0 Å². The summed E-state index contributed by atoms with van der Waals surface area (Å²) >= 11 is 1.59. The molecule has 2 heterocycles. The number of nitrogens with zero attached hydrogens (tertiary/aromatic N) is 1. The van der Waals surface area contributed by atoms with Crippen LogP contribution in [0, 0.1) is 5.92 Å². The smallest absolute Gasteiger partial charge is 0.252 e. The molecule has 1 saturated carbocycles. The van der Waals surface area contributed by atoms with Gasteiger partial charge < -0.3 is 10.3 Å². The molecule has 0 aliphatic heterocycles. The second-order valence-corrected chi connectivity index (χ2v) is 8.71. The Bertz CT molecular complexity index is 1020. The van der Waals surface area contributed by atoms with E-state index in [1.165, 1.54) is 12.0 Å². The number of nitrogens with one attached hydrogen (secondary N) is 2. The monoisotopic (exact) mass is 363 g/mol. The molecule has 4 nitrogen and oxygen atoms in total. The summed E-state index contributed by atoms with van der Waals surface area (Å²) < 4.78 is 0. The molecule has 0 radical (unpaired) electrons. The van der Waals surface area contributed by atoms with Gasteiger partial charge in [-0.1, -0.05) is 18.6 Å². The van der Waals surface area contributed by atoms with Crippen LogP contribution in [0.1, 0.15) is 43.0 Å². The third kappa shape index (κ3) is 2.58. The van der Waals surface area contributed by atoms with Crippen molar-refractivity contribution < 1.29 is 4.79 Å². The quantitative estimate of drug-likeness (QED) is 0.650. The zero-order valence-electron chi connectivity index (χ0n) is 14.7. The van der Waals surface area contributed by atoms with E-state index in [1.54, 1.807) is 11.3 Å². The Hall–Kier alpha value is -2.40. The fourth-order valence-corrected chi connectivity index (χ4v) is 5.34. The molecule has 2 atom stereocenters. The number of thiazole rings is 1. The zero-order chi connectivity index (χ0) is 17.7. The first kappa shape index (κ1) is 15.8. The molecule has 132 valence electrons. The highest BCUT2D eigenvalue weighted by Crippen LogP contribution is 2.44. The molecule has 1 fully saturated rings. The lowest BCUT2D eigenvalue weighted by Crippen LogP contribution is -2.49. The number of aromatic nitrogens is 2. The molecular weight excluding hydrogens is 342 g/mol. The maximum absolute atomic E-state index is 13.3. The van der Waals surface area contributed by atoms with Gasteiger partial charge in [0.25, 0.3) is 5.91 Å². The van der Waals surface area contributed by atoms with Crippen molar-refractivity contribution in [2.45, 2.75) is 38.1 Å². The Kier molecular flexibility index (Phi) is 3.54. The minimum absolute atomic E-state index is 0.0321. The first-order valence-corrected chi connectivity index (χ1v) is 10.0. The average Bonchev–Trinajstić information content (AvgIpc) is 3.33. The summed E-state index contributed by atoms with van der Waals surface area (Å²) in [6.45, 7) is 2.29. The predicted octanol–water partition coefficient (Wildman–Crippen LogP) is 4.91. The van der Waals surface area contributed by atoms with Crippen molar-refractivity contribution in [1.82, 2.24) is 15.3 Å². The van der Waals surface area contributed by atoms with Gasteiger partial charge in [0.15, 0.2) is 0 Å². The molecule has 2 N–H and O–H groups in total. The molecule has 2 aromatic heterocycles. The van der Waals surface area contributed by atoms with Crippen molar-refractivity contribution in [3.05, 3.63) is 53.3 Å². The van der Waals surface area contributed by atoms with Gasteiger partial charge in [0.1, 0.15) is 0 Å². The van der Waals surface area contributed by atoms with Crippen LogP contribution in [0.2, 0.25) is 0 Å². The van der Waals surface area contributed by atoms with Crippen LogP contribution in [-0.4, -0.2) is 21.4 Å². The van der Waals surface area contributed by atoms with E-state index in [-0.39, 0.29) is 11.4 Å². The molecule has 2 unspecified atom stereocenters. The maximum atomic E-state index is 13.3. The number of hydrogen-bond donors (Lipinski definition) is 2. The highest BCUT2D eigenvalue weighted by molar-refractivity contribution is 7.13. The number of fused-ring (bicyclic) bond motifs is 3. The van der Waals surface area contributed by atoms with Crippen molar-refractivity contribution in [1.29, 1.82) is 0 Å². The van der Waals surface area contributed by atoms with Crippen molar-refractivity contribution >= 4 is 28.1 Å². The summed E-state index contributed by atoms with van der Waals surface area (Å²) in [5, 5.41) is 4.38. The third-order valence-electron chi connectivity index (χ3n) is 5.71. The predicted molar refractivity (Wildman–Crippen MR) is 105 cm³/mol. The number of benzene rings is 1. The van der Waals surface area contributed by atoms with Crippen molar-refractivity contribution in [3.63, 3.8) is 0 Å². The lowest BCUT2D eigenvalue weighted by molar-refractivity contribution is 0.0881. The minimum atomic E-state index is -0.0901. The summed E-state index contributed by atoms with van der Waals surface area (Å²) in [7, 11) is 0. The molecule has 26 heavy (non-hydrogen) atoms. The van der Waals surface area contributed by atoms with Crippen molar-refractivity contribution in [2.24, 2.45) is 5.92 Å². The van der Waals surface area contributed by atoms with E-state index in [2.05, 4.69) is 34.4 Å². The van der Waals surface area contributed by atoms with E-state index in [0.717, 1.165) is 46.2 Å². The first-order chi connectivity index (χ1) is 12.6. The Labute approximate surface area is 156 Å². The van der Waals surface area contributed by atoms with Crippen molar-refractivity contribution in [3.8, 4) is 10.4 Å². The molecule has 5 rings (SSSR count). The van der Waals surface area contributed by atoms with Gasteiger partial charge in [0.2, 0.25) is 0 Å². The van der Waals surface area contributed by atoms with Crippen LogP contribution in [0.15, 0.2) is 47.8 Å². The third-order valence-corrected chi connectivity index (χ3v) is 6.53. The van der Waals surface area contributed by atoms with E-state index in [9.17, 15) is 4.79 Å². The van der Waals surface area contributed by atoms with E-state index in [0.29, 0.717) is 5.92 Å². The fraction of sp³-hybridized carbons (Fsp3) is 0.333. The molecule has 2 bridgehead atoms. The van der Waals surface area contributed by atoms with Crippen LogP contribution < -0.4 is 5.32 Å². The molecule has 0 saturated heterocycles. The molecule has 1 aromatic carbocycles. The van der Waals surface area contributed by atoms with Gasteiger partial charge in [-0.3, -0.25) is 9.78 Å². The number of carbonyl (C=O) groups is 1. The van der Waals surface area contributed by atoms with Gasteiger partial charge in [-0.25, -0.2) is 0 Å². The Morgan fingerprint density at radius 2 is 2.35 bits per heavy atom. The van der Waals surface area contributed by atoms with Gasteiger partial charge in [0, 0.05) is 34.4 Å². The normalized spacial score (nSPS) is 24.7. The molecule has 3 aromatic rings. The average molecular weight is 363 g/mol. The molecular formula is C21H21N3OS. The van der Waals surface area contributed by atoms with Crippen LogP contribution in [-0.2, 0) is 0 Å². The Balaban J connectivity index is 1.52. The summed E-state index contributed by atoms with van der Waals surface area (Å²) in [6.07, 6.45) is 10.3. The molecule has 0 spiro atoms. The second-order valence-electron chi connectivity index (χ2n) is 7.82. The Morgan fingerprint density at radius 1 is 1.42 bits per heavy atom. The van der Waals surface area contributed by atoms with E-state index >= 15 is 0 Å². The highest BCUT2D eigenvalue weighted by Gasteiger charge is 2.41. The molecule has 2 aliphatic rings. The number of rotatable bonds is 3. The maximum Gasteiger partial charge on any atom is 0.252 e.